The van der Waals surface area contributed by atoms with Crippen LogP contribution in [0, 0.1) is 0 Å². The maximum absolute atomic E-state index is 12.1. The summed E-state index contributed by atoms with van der Waals surface area (Å²) in [5, 5.41) is 9.13. The number of morpholine rings is 1. The van der Waals surface area contributed by atoms with Gasteiger partial charge in [0.25, 0.3) is 0 Å². The Kier molecular flexibility index (Phi) is 5.15. The molecule has 0 radical (unpaired) electrons. The van der Waals surface area contributed by atoms with Crippen molar-refractivity contribution in [3.05, 3.63) is 26.9 Å². The van der Waals surface area contributed by atoms with E-state index in [1.165, 1.54) is 0 Å². The molecule has 1 aliphatic heterocycles. The van der Waals surface area contributed by atoms with Crippen LogP contribution in [0.1, 0.15) is 11.8 Å². The van der Waals surface area contributed by atoms with Crippen LogP contribution in [0.3, 0.4) is 0 Å². The van der Waals surface area contributed by atoms with Crippen molar-refractivity contribution in [2.45, 2.75) is 19.1 Å². The summed E-state index contributed by atoms with van der Waals surface area (Å²) in [4.78, 5) is 14.8. The lowest BCUT2D eigenvalue weighted by Crippen LogP contribution is -2.49. The molecular weight excluding hydrogens is 330 g/mol. The van der Waals surface area contributed by atoms with Gasteiger partial charge in [-0.2, -0.15) is 0 Å². The van der Waals surface area contributed by atoms with Crippen LogP contribution >= 0.6 is 27.3 Å². The first-order valence-electron chi connectivity index (χ1n) is 6.07. The van der Waals surface area contributed by atoms with Gasteiger partial charge in [-0.25, -0.2) is 0 Å². The number of thiophene rings is 1. The van der Waals surface area contributed by atoms with Crippen molar-refractivity contribution < 1.29 is 14.6 Å². The second kappa shape index (κ2) is 6.65. The highest BCUT2D eigenvalue weighted by Crippen LogP contribution is 2.23. The maximum Gasteiger partial charge on any atom is 0.246 e. The highest BCUT2D eigenvalue weighted by molar-refractivity contribution is 9.11. The second-order valence-electron chi connectivity index (χ2n) is 4.47. The van der Waals surface area contributed by atoms with Crippen LogP contribution in [0.15, 0.2) is 22.0 Å². The summed E-state index contributed by atoms with van der Waals surface area (Å²) in [5.74, 6) is -0.0434. The van der Waals surface area contributed by atoms with Gasteiger partial charge < -0.3 is 14.7 Å². The Labute approximate surface area is 124 Å². The highest BCUT2D eigenvalue weighted by Gasteiger charge is 2.26. The minimum absolute atomic E-state index is 0.0425. The molecule has 0 bridgehead atoms. The minimum atomic E-state index is -0.281. The van der Waals surface area contributed by atoms with E-state index in [2.05, 4.69) is 15.9 Å². The molecule has 2 rings (SSSR count). The second-order valence-corrected chi connectivity index (χ2v) is 6.96. The van der Waals surface area contributed by atoms with E-state index in [-0.39, 0.29) is 24.7 Å². The van der Waals surface area contributed by atoms with E-state index in [9.17, 15) is 4.79 Å². The van der Waals surface area contributed by atoms with E-state index in [0.29, 0.717) is 13.1 Å². The first-order chi connectivity index (χ1) is 9.08. The number of carbonyl (C=O) groups excluding carboxylic acids is 1. The Balaban J connectivity index is 1.97. The van der Waals surface area contributed by atoms with Crippen molar-refractivity contribution in [1.82, 2.24) is 4.90 Å². The fraction of sp³-hybridized carbons (Fsp3) is 0.462. The first kappa shape index (κ1) is 14.7. The largest absolute Gasteiger partial charge is 0.394 e. The summed E-state index contributed by atoms with van der Waals surface area (Å²) in [7, 11) is 0. The Morgan fingerprint density at radius 2 is 2.42 bits per heavy atom. The standard InChI is InChI=1S/C13H16BrNO3S/c1-9-6-15(7-10(8-16)18-9)13(17)5-3-11-2-4-12(14)19-11/h2-5,9-10,16H,6-8H2,1H3/b5-3+. The normalized spacial score (nSPS) is 24.1. The highest BCUT2D eigenvalue weighted by atomic mass is 79.9. The molecule has 0 spiro atoms. The van der Waals surface area contributed by atoms with Crippen LogP contribution in [0.5, 0.6) is 0 Å². The molecule has 2 unspecified atom stereocenters. The van der Waals surface area contributed by atoms with Gasteiger partial charge in [-0.05, 0) is 41.1 Å². The first-order valence-corrected chi connectivity index (χ1v) is 7.68. The fourth-order valence-electron chi connectivity index (χ4n) is 2.00. The molecule has 104 valence electrons. The van der Waals surface area contributed by atoms with Gasteiger partial charge in [0.05, 0.1) is 22.6 Å². The van der Waals surface area contributed by atoms with Crippen molar-refractivity contribution >= 4 is 39.2 Å². The molecule has 0 aromatic carbocycles. The monoisotopic (exact) mass is 345 g/mol. The third-order valence-electron chi connectivity index (χ3n) is 2.83. The summed E-state index contributed by atoms with van der Waals surface area (Å²) < 4.78 is 6.55. The van der Waals surface area contributed by atoms with Crippen molar-refractivity contribution in [2.75, 3.05) is 19.7 Å². The average molecular weight is 346 g/mol. The Hall–Kier alpha value is -0.690. The smallest absolute Gasteiger partial charge is 0.246 e. The molecule has 0 aliphatic carbocycles. The van der Waals surface area contributed by atoms with E-state index < -0.39 is 0 Å². The minimum Gasteiger partial charge on any atom is -0.394 e. The Morgan fingerprint density at radius 3 is 3.05 bits per heavy atom. The number of amides is 1. The molecule has 2 heterocycles. The zero-order chi connectivity index (χ0) is 13.8. The molecule has 1 aliphatic rings. The van der Waals surface area contributed by atoms with Crippen molar-refractivity contribution in [3.63, 3.8) is 0 Å². The van der Waals surface area contributed by atoms with E-state index in [4.69, 9.17) is 9.84 Å². The molecule has 1 amide bonds. The SMILES string of the molecule is CC1CN(C(=O)/C=C/c2ccc(Br)s2)CC(CO)O1. The van der Waals surface area contributed by atoms with E-state index in [1.807, 2.05) is 25.1 Å². The summed E-state index contributed by atoms with van der Waals surface area (Å²) in [6.07, 6.45) is 3.06. The van der Waals surface area contributed by atoms with Crippen LogP contribution in [0.2, 0.25) is 0 Å². The van der Waals surface area contributed by atoms with Gasteiger partial charge in [-0.15, -0.1) is 11.3 Å². The number of nitrogens with zero attached hydrogens (tertiary/aromatic N) is 1. The van der Waals surface area contributed by atoms with Gasteiger partial charge in [0.1, 0.15) is 0 Å². The molecule has 6 heteroatoms. The number of carbonyl (C=O) groups is 1. The zero-order valence-corrected chi connectivity index (χ0v) is 13.0. The molecule has 1 fully saturated rings. The maximum atomic E-state index is 12.1. The number of aliphatic hydroxyl groups is 1. The predicted octanol–water partition coefficient (Wildman–Crippen LogP) is 2.13. The lowest BCUT2D eigenvalue weighted by atomic mass is 10.2. The van der Waals surface area contributed by atoms with E-state index in [1.54, 1.807) is 22.3 Å². The van der Waals surface area contributed by atoms with Crippen LogP contribution in [-0.4, -0.2) is 47.8 Å². The van der Waals surface area contributed by atoms with Crippen molar-refractivity contribution in [3.8, 4) is 0 Å². The summed E-state index contributed by atoms with van der Waals surface area (Å²) in [6.45, 7) is 2.85. The molecule has 4 nitrogen and oxygen atoms in total. The van der Waals surface area contributed by atoms with Gasteiger partial charge in [0.15, 0.2) is 0 Å². The van der Waals surface area contributed by atoms with Crippen molar-refractivity contribution in [2.24, 2.45) is 0 Å². The molecule has 19 heavy (non-hydrogen) atoms. The number of rotatable bonds is 3. The van der Waals surface area contributed by atoms with Crippen LogP contribution in [0.25, 0.3) is 6.08 Å². The van der Waals surface area contributed by atoms with Gasteiger partial charge in [0, 0.05) is 24.0 Å². The molecule has 1 aromatic rings. The van der Waals surface area contributed by atoms with E-state index in [0.717, 1.165) is 8.66 Å². The van der Waals surface area contributed by atoms with E-state index >= 15 is 0 Å². The Bertz CT molecular complexity index is 474. The topological polar surface area (TPSA) is 49.8 Å². The molecule has 1 N–H and O–H groups in total. The molecular formula is C13H16BrNO3S. The van der Waals surface area contributed by atoms with Crippen LogP contribution < -0.4 is 0 Å². The predicted molar refractivity (Wildman–Crippen MR) is 79.1 cm³/mol. The lowest BCUT2D eigenvalue weighted by molar-refractivity contribution is -0.142. The van der Waals surface area contributed by atoms with Crippen LogP contribution in [0.4, 0.5) is 0 Å². The van der Waals surface area contributed by atoms with Crippen LogP contribution in [-0.2, 0) is 9.53 Å². The lowest BCUT2D eigenvalue weighted by Gasteiger charge is -2.35. The molecule has 1 saturated heterocycles. The van der Waals surface area contributed by atoms with Crippen molar-refractivity contribution in [1.29, 1.82) is 0 Å². The van der Waals surface area contributed by atoms with Gasteiger partial charge in [0.2, 0.25) is 5.91 Å². The third-order valence-corrected chi connectivity index (χ3v) is 4.41. The average Bonchev–Trinajstić information content (AvgIpc) is 2.81. The van der Waals surface area contributed by atoms with Gasteiger partial charge in [-0.1, -0.05) is 0 Å². The summed E-state index contributed by atoms with van der Waals surface area (Å²) in [5.41, 5.74) is 0. The number of hydrogen-bond donors (Lipinski definition) is 1. The van der Waals surface area contributed by atoms with Gasteiger partial charge >= 0.3 is 0 Å². The zero-order valence-electron chi connectivity index (χ0n) is 10.6. The molecule has 2 atom stereocenters. The number of aliphatic hydroxyl groups excluding tert-OH is 1. The number of ether oxygens (including phenoxy) is 1. The fourth-order valence-corrected chi connectivity index (χ4v) is 3.33. The quantitative estimate of drug-likeness (QED) is 0.853. The number of halogens is 1. The molecule has 1 aromatic heterocycles. The Morgan fingerprint density at radius 1 is 1.63 bits per heavy atom. The van der Waals surface area contributed by atoms with Gasteiger partial charge in [-0.3, -0.25) is 4.79 Å². The summed E-state index contributed by atoms with van der Waals surface area (Å²) >= 11 is 4.96. The summed E-state index contributed by atoms with van der Waals surface area (Å²) in [6, 6.07) is 3.91. The third kappa shape index (κ3) is 4.14. The number of hydrogen-bond acceptors (Lipinski definition) is 4. The molecule has 0 saturated carbocycles.